The van der Waals surface area contributed by atoms with Gasteiger partial charge >= 0.3 is 5.97 Å². The number of carboxylic acids is 1. The Labute approximate surface area is 273 Å². The summed E-state index contributed by atoms with van der Waals surface area (Å²) in [6.45, 7) is 1.48. The highest BCUT2D eigenvalue weighted by Gasteiger charge is 2.57. The van der Waals surface area contributed by atoms with Gasteiger partial charge in [-0.15, -0.1) is 0 Å². The quantitative estimate of drug-likeness (QED) is 0.0664. The number of carbonyl (C=O) groups excluding carboxylic acids is 2. The van der Waals surface area contributed by atoms with E-state index in [9.17, 15) is 60.3 Å². The van der Waals surface area contributed by atoms with Crippen molar-refractivity contribution < 1.29 is 84.0 Å². The van der Waals surface area contributed by atoms with Gasteiger partial charge in [0, 0.05) is 20.3 Å². The molecule has 16 atom stereocenters. The van der Waals surface area contributed by atoms with Gasteiger partial charge in [-0.25, -0.2) is 9.79 Å². The van der Waals surface area contributed by atoms with Crippen molar-refractivity contribution in [1.29, 1.82) is 0 Å². The molecule has 22 nitrogen and oxygen atoms in total. The van der Waals surface area contributed by atoms with Gasteiger partial charge in [-0.3, -0.25) is 9.59 Å². The van der Waals surface area contributed by atoms with Crippen LogP contribution >= 0.6 is 0 Å². The van der Waals surface area contributed by atoms with Crippen LogP contribution in [-0.4, -0.2) is 180 Å². The van der Waals surface area contributed by atoms with Gasteiger partial charge in [0.25, 0.3) is 5.79 Å². The molecule has 3 aliphatic heterocycles. The van der Waals surface area contributed by atoms with Crippen LogP contribution in [0.15, 0.2) is 4.99 Å². The van der Waals surface area contributed by atoms with E-state index in [4.69, 9.17) is 35.2 Å². The monoisotopic (exact) mass is 699 g/mol. The zero-order valence-corrected chi connectivity index (χ0v) is 26.2. The van der Waals surface area contributed by atoms with Gasteiger partial charge in [0.05, 0.1) is 31.5 Å². The van der Waals surface area contributed by atoms with E-state index >= 15 is 0 Å². The molecule has 15 N–H and O–H groups in total. The molecule has 3 saturated heterocycles. The van der Waals surface area contributed by atoms with Crippen molar-refractivity contribution in [2.75, 3.05) is 13.2 Å². The molecule has 0 aromatic carbocycles. The minimum Gasteiger partial charge on any atom is -0.477 e. The zero-order chi connectivity index (χ0) is 36.2. The summed E-state index contributed by atoms with van der Waals surface area (Å²) < 4.78 is 28.7. The van der Waals surface area contributed by atoms with Gasteiger partial charge < -0.3 is 91.7 Å². The third-order valence-corrected chi connectivity index (χ3v) is 8.09. The van der Waals surface area contributed by atoms with Crippen molar-refractivity contribution in [3.63, 3.8) is 0 Å². The van der Waals surface area contributed by atoms with Gasteiger partial charge in [0.15, 0.2) is 18.5 Å². The number of nitrogens with two attached hydrogens (primary N) is 2. The molecule has 0 aromatic heterocycles. The number of aliphatic hydroxyl groups excluding tert-OH is 7. The second kappa shape index (κ2) is 16.2. The third-order valence-electron chi connectivity index (χ3n) is 8.09. The van der Waals surface area contributed by atoms with Crippen molar-refractivity contribution in [2.45, 2.75) is 125 Å². The van der Waals surface area contributed by atoms with Crippen LogP contribution in [0.25, 0.3) is 0 Å². The Morgan fingerprint density at radius 2 is 1.58 bits per heavy atom. The number of aliphatic carboxylic acids is 1. The molecule has 0 saturated carbocycles. The second-order valence-corrected chi connectivity index (χ2v) is 11.8. The summed E-state index contributed by atoms with van der Waals surface area (Å²) in [7, 11) is 0. The van der Waals surface area contributed by atoms with Crippen molar-refractivity contribution in [1.82, 2.24) is 10.6 Å². The van der Waals surface area contributed by atoms with Crippen LogP contribution in [0, 0.1) is 0 Å². The summed E-state index contributed by atoms with van der Waals surface area (Å²) in [5, 5.41) is 98.9. The van der Waals surface area contributed by atoms with Crippen LogP contribution in [0.5, 0.6) is 0 Å². The van der Waals surface area contributed by atoms with Crippen LogP contribution < -0.4 is 22.1 Å². The lowest BCUT2D eigenvalue weighted by Crippen LogP contribution is -2.71. The van der Waals surface area contributed by atoms with E-state index < -0.39 is 141 Å². The highest BCUT2D eigenvalue weighted by molar-refractivity contribution is 5.76. The standard InChI is InChI=1S/C26H45N5O17/c1-7-16(38)18(40)14(31-25(27)28)22(44-7)47-20-15(30-9(3)35)23(45-12(6-33)17(20)39)46-19(11(37)5-32)21-13(29-8(2)34)10(36)4-26(43,48-21)24(41)42/h7,10-23,32-33,36-40,43H,4-6H2,1-3H3,(H,29,34)(H,30,35)(H,41,42)(H4,27,28,31)/t7-,10-,11+,12+,13+,14-,15+,16+,17+,18-,19+,20+,21+,22-,23-,26-/m0/s1. The first-order chi connectivity index (χ1) is 22.3. The van der Waals surface area contributed by atoms with Gasteiger partial charge in [0.2, 0.25) is 11.8 Å². The van der Waals surface area contributed by atoms with Gasteiger partial charge in [-0.2, -0.15) is 0 Å². The van der Waals surface area contributed by atoms with E-state index in [1.54, 1.807) is 0 Å². The molecule has 48 heavy (non-hydrogen) atoms. The Hall–Kier alpha value is -2.84. The SMILES string of the molecule is CC(=O)N[C@H]1[C@H](O[C@@H]([C@@H]2O[C@](O)(C(=O)O)C[C@H](O)[C@H]2NC(C)=O)[C@H](O)CO)O[C@H](CO)[C@@H](O)[C@@H]1O[C@@H]1O[C@@H](C)[C@@H](O)[C@@H](O)[C@@H]1N=C(N)N. The minimum absolute atomic E-state index is 0.538. The molecule has 276 valence electrons. The number of carboxylic acid groups (broad SMARTS) is 1. The molecule has 3 aliphatic rings. The molecule has 0 spiro atoms. The van der Waals surface area contributed by atoms with Crippen LogP contribution in [0.1, 0.15) is 27.2 Å². The molecular weight excluding hydrogens is 654 g/mol. The number of aliphatic imine (C=N–C) groups is 1. The molecule has 0 aliphatic carbocycles. The average molecular weight is 700 g/mol. The van der Waals surface area contributed by atoms with E-state index in [-0.39, 0.29) is 0 Å². The second-order valence-electron chi connectivity index (χ2n) is 11.8. The van der Waals surface area contributed by atoms with Gasteiger partial charge in [-0.1, -0.05) is 0 Å². The first kappa shape index (κ1) is 39.6. The van der Waals surface area contributed by atoms with Crippen LogP contribution in [0.3, 0.4) is 0 Å². The number of amides is 2. The van der Waals surface area contributed by atoms with Crippen molar-refractivity contribution in [3.05, 3.63) is 0 Å². The van der Waals surface area contributed by atoms with Crippen molar-refractivity contribution >= 4 is 23.7 Å². The van der Waals surface area contributed by atoms with E-state index in [2.05, 4.69) is 15.6 Å². The summed E-state index contributed by atoms with van der Waals surface area (Å²) in [6, 6.07) is -4.68. The minimum atomic E-state index is -3.07. The molecule has 3 fully saturated rings. The van der Waals surface area contributed by atoms with Gasteiger partial charge in [0.1, 0.15) is 60.9 Å². The fraction of sp³-hybridized carbons (Fsp3) is 0.846. The Bertz CT molecular complexity index is 1160. The fourth-order valence-corrected chi connectivity index (χ4v) is 5.77. The number of guanidine groups is 1. The highest BCUT2D eigenvalue weighted by atomic mass is 16.7. The van der Waals surface area contributed by atoms with Crippen molar-refractivity contribution in [2.24, 2.45) is 16.5 Å². The number of nitrogens with zero attached hydrogens (tertiary/aromatic N) is 1. The van der Waals surface area contributed by atoms with E-state index in [1.807, 2.05) is 0 Å². The van der Waals surface area contributed by atoms with Gasteiger partial charge in [-0.05, 0) is 6.92 Å². The largest absolute Gasteiger partial charge is 0.477 e. The molecule has 3 heterocycles. The number of rotatable bonds is 12. The Kier molecular flexibility index (Phi) is 13.4. The van der Waals surface area contributed by atoms with Crippen molar-refractivity contribution in [3.8, 4) is 0 Å². The molecule has 0 aromatic rings. The van der Waals surface area contributed by atoms with E-state index in [0.29, 0.717) is 0 Å². The maximum atomic E-state index is 12.4. The number of hydrogen-bond donors (Lipinski definition) is 13. The molecular formula is C26H45N5O17. The Balaban J connectivity index is 2.08. The fourth-order valence-electron chi connectivity index (χ4n) is 5.77. The predicted octanol–water partition coefficient (Wildman–Crippen LogP) is -7.77. The first-order valence-corrected chi connectivity index (χ1v) is 14.9. The number of ether oxygens (including phenoxy) is 5. The van der Waals surface area contributed by atoms with Crippen LogP contribution in [-0.2, 0) is 38.1 Å². The average Bonchev–Trinajstić information content (AvgIpc) is 2.99. The number of aliphatic hydroxyl groups is 8. The maximum Gasteiger partial charge on any atom is 0.364 e. The number of nitrogens with one attached hydrogen (secondary N) is 2. The van der Waals surface area contributed by atoms with E-state index in [0.717, 1.165) is 13.8 Å². The molecule has 2 amide bonds. The summed E-state index contributed by atoms with van der Waals surface area (Å²) in [5.74, 6) is -7.08. The summed E-state index contributed by atoms with van der Waals surface area (Å²) in [6.07, 6.45) is -21.5. The van der Waals surface area contributed by atoms with Crippen LogP contribution in [0.4, 0.5) is 0 Å². The lowest BCUT2D eigenvalue weighted by Gasteiger charge is -2.50. The summed E-state index contributed by atoms with van der Waals surface area (Å²) in [4.78, 5) is 40.2. The predicted molar refractivity (Wildman–Crippen MR) is 154 cm³/mol. The summed E-state index contributed by atoms with van der Waals surface area (Å²) in [5.41, 5.74) is 11.0. The third kappa shape index (κ3) is 8.84. The van der Waals surface area contributed by atoms with E-state index in [1.165, 1.54) is 6.92 Å². The highest BCUT2D eigenvalue weighted by Crippen LogP contribution is 2.35. The molecule has 0 radical (unpaired) electrons. The lowest BCUT2D eigenvalue weighted by molar-refractivity contribution is -0.348. The summed E-state index contributed by atoms with van der Waals surface area (Å²) >= 11 is 0. The maximum absolute atomic E-state index is 12.4. The Morgan fingerprint density at radius 1 is 0.979 bits per heavy atom. The first-order valence-electron chi connectivity index (χ1n) is 14.9. The number of hydrogen-bond acceptors (Lipinski definition) is 17. The molecule has 0 bridgehead atoms. The molecule has 3 rings (SSSR count). The normalized spacial score (nSPS) is 41.4. The lowest BCUT2D eigenvalue weighted by atomic mass is 9.88. The van der Waals surface area contributed by atoms with Crippen LogP contribution in [0.2, 0.25) is 0 Å². The molecule has 0 unspecified atom stereocenters. The molecule has 22 heteroatoms. The zero-order valence-electron chi connectivity index (χ0n) is 26.2. The topological polar surface area (TPSA) is 368 Å². The smallest absolute Gasteiger partial charge is 0.364 e. The number of carbonyl (C=O) groups is 3. The Morgan fingerprint density at radius 3 is 2.10 bits per heavy atom.